The SMILES string of the molecule is O=C(c1cc2ccccc2o1)N1CCCC(c2nnc(-c3ccc4c(c3)OCO4)o2)C1. The average Bonchev–Trinajstić information content (AvgIpc) is 3.57. The van der Waals surface area contributed by atoms with Gasteiger partial charge >= 0.3 is 0 Å². The fraction of sp³-hybridized carbons (Fsp3) is 0.261. The second-order valence-corrected chi connectivity index (χ2v) is 7.75. The molecule has 1 amide bonds. The number of amides is 1. The van der Waals surface area contributed by atoms with Crippen molar-refractivity contribution in [1.29, 1.82) is 0 Å². The van der Waals surface area contributed by atoms with Gasteiger partial charge in [0.25, 0.3) is 5.91 Å². The highest BCUT2D eigenvalue weighted by atomic mass is 16.7. The maximum atomic E-state index is 13.0. The van der Waals surface area contributed by atoms with Gasteiger partial charge in [0.2, 0.25) is 18.6 Å². The maximum Gasteiger partial charge on any atom is 0.289 e. The van der Waals surface area contributed by atoms with Crippen molar-refractivity contribution in [2.45, 2.75) is 18.8 Å². The number of hydrogen-bond acceptors (Lipinski definition) is 7. The molecule has 0 radical (unpaired) electrons. The van der Waals surface area contributed by atoms with Gasteiger partial charge in [-0.2, -0.15) is 0 Å². The molecule has 1 unspecified atom stereocenters. The molecule has 1 saturated heterocycles. The second-order valence-electron chi connectivity index (χ2n) is 7.75. The summed E-state index contributed by atoms with van der Waals surface area (Å²) in [7, 11) is 0. The number of carbonyl (C=O) groups excluding carboxylic acids is 1. The molecule has 1 atom stereocenters. The Labute approximate surface area is 177 Å². The topological polar surface area (TPSA) is 90.8 Å². The van der Waals surface area contributed by atoms with Crippen LogP contribution in [0.3, 0.4) is 0 Å². The number of rotatable bonds is 3. The van der Waals surface area contributed by atoms with Gasteiger partial charge in [-0.25, -0.2) is 0 Å². The van der Waals surface area contributed by atoms with Crippen molar-refractivity contribution in [2.75, 3.05) is 19.9 Å². The molecule has 2 aromatic heterocycles. The first-order chi connectivity index (χ1) is 15.2. The van der Waals surface area contributed by atoms with Crippen LogP contribution >= 0.6 is 0 Å². The van der Waals surface area contributed by atoms with Crippen molar-refractivity contribution < 1.29 is 23.1 Å². The van der Waals surface area contributed by atoms with E-state index in [0.717, 1.165) is 23.8 Å². The van der Waals surface area contributed by atoms with E-state index in [4.69, 9.17) is 18.3 Å². The summed E-state index contributed by atoms with van der Waals surface area (Å²) < 4.78 is 22.5. The molecule has 0 aliphatic carbocycles. The molecule has 0 saturated carbocycles. The number of fused-ring (bicyclic) bond motifs is 2. The first-order valence-electron chi connectivity index (χ1n) is 10.3. The standard InChI is InChI=1S/C23H19N3O5/c27-23(20-10-14-4-1-2-6-17(14)30-20)26-9-3-5-16(12-26)22-25-24-21(31-22)15-7-8-18-19(11-15)29-13-28-18/h1-2,4,6-8,10-11,16H,3,5,9,12-13H2. The molecule has 2 aliphatic rings. The highest BCUT2D eigenvalue weighted by Crippen LogP contribution is 2.36. The Hall–Kier alpha value is -3.81. The van der Waals surface area contributed by atoms with E-state index in [2.05, 4.69) is 10.2 Å². The van der Waals surface area contributed by atoms with Gasteiger partial charge in [0, 0.05) is 24.0 Å². The number of aromatic nitrogens is 2. The quantitative estimate of drug-likeness (QED) is 0.493. The van der Waals surface area contributed by atoms with Crippen LogP contribution in [0.5, 0.6) is 11.5 Å². The number of furan rings is 1. The van der Waals surface area contributed by atoms with E-state index in [1.807, 2.05) is 42.5 Å². The van der Waals surface area contributed by atoms with Crippen LogP contribution in [0, 0.1) is 0 Å². The first-order valence-corrected chi connectivity index (χ1v) is 10.3. The lowest BCUT2D eigenvalue weighted by molar-refractivity contribution is 0.0668. The number of benzene rings is 2. The lowest BCUT2D eigenvalue weighted by Crippen LogP contribution is -2.39. The first kappa shape index (κ1) is 18.0. The molecule has 4 heterocycles. The number of hydrogen-bond donors (Lipinski definition) is 0. The molecule has 0 spiro atoms. The van der Waals surface area contributed by atoms with E-state index < -0.39 is 0 Å². The zero-order valence-electron chi connectivity index (χ0n) is 16.6. The van der Waals surface area contributed by atoms with E-state index >= 15 is 0 Å². The fourth-order valence-corrected chi connectivity index (χ4v) is 4.15. The normalized spacial score (nSPS) is 17.9. The summed E-state index contributed by atoms with van der Waals surface area (Å²) in [6.07, 6.45) is 1.74. The lowest BCUT2D eigenvalue weighted by atomic mass is 9.98. The minimum atomic E-state index is -0.114. The lowest BCUT2D eigenvalue weighted by Gasteiger charge is -2.30. The Balaban J connectivity index is 1.21. The molecule has 31 heavy (non-hydrogen) atoms. The van der Waals surface area contributed by atoms with Crippen LogP contribution in [0.2, 0.25) is 0 Å². The number of likely N-dealkylation sites (tertiary alicyclic amines) is 1. The predicted octanol–water partition coefficient (Wildman–Crippen LogP) is 4.23. The number of carbonyl (C=O) groups is 1. The molecule has 0 bridgehead atoms. The summed E-state index contributed by atoms with van der Waals surface area (Å²) in [6, 6.07) is 14.9. The van der Waals surface area contributed by atoms with Crippen LogP contribution in [-0.4, -0.2) is 40.9 Å². The van der Waals surface area contributed by atoms with Crippen molar-refractivity contribution in [3.8, 4) is 23.0 Å². The van der Waals surface area contributed by atoms with Crippen molar-refractivity contribution >= 4 is 16.9 Å². The summed E-state index contributed by atoms with van der Waals surface area (Å²) in [5.74, 6) is 2.55. The number of para-hydroxylation sites is 1. The average molecular weight is 417 g/mol. The van der Waals surface area contributed by atoms with Crippen LogP contribution in [0.15, 0.2) is 57.4 Å². The number of ether oxygens (including phenoxy) is 2. The van der Waals surface area contributed by atoms with Crippen LogP contribution < -0.4 is 9.47 Å². The van der Waals surface area contributed by atoms with Crippen LogP contribution in [0.25, 0.3) is 22.4 Å². The van der Waals surface area contributed by atoms with Crippen molar-refractivity contribution in [3.63, 3.8) is 0 Å². The zero-order valence-corrected chi connectivity index (χ0v) is 16.6. The van der Waals surface area contributed by atoms with E-state index in [1.54, 1.807) is 11.0 Å². The van der Waals surface area contributed by atoms with Crippen molar-refractivity contribution in [1.82, 2.24) is 15.1 Å². The van der Waals surface area contributed by atoms with Gasteiger partial charge in [-0.3, -0.25) is 4.79 Å². The second kappa shape index (κ2) is 7.16. The number of nitrogens with zero attached hydrogens (tertiary/aromatic N) is 3. The van der Waals surface area contributed by atoms with Crippen molar-refractivity contribution in [2.24, 2.45) is 0 Å². The summed E-state index contributed by atoms with van der Waals surface area (Å²) in [4.78, 5) is 14.8. The number of piperidine rings is 1. The molecular weight excluding hydrogens is 398 g/mol. The Morgan fingerprint density at radius 2 is 1.90 bits per heavy atom. The van der Waals surface area contributed by atoms with Crippen LogP contribution in [0.4, 0.5) is 0 Å². The maximum absolute atomic E-state index is 13.0. The van der Waals surface area contributed by atoms with Crippen molar-refractivity contribution in [3.05, 3.63) is 60.2 Å². The third-order valence-electron chi connectivity index (χ3n) is 5.75. The summed E-state index contributed by atoms with van der Waals surface area (Å²) >= 11 is 0. The van der Waals surface area contributed by atoms with Gasteiger partial charge in [0.1, 0.15) is 5.58 Å². The highest BCUT2D eigenvalue weighted by Gasteiger charge is 2.30. The van der Waals surface area contributed by atoms with E-state index in [9.17, 15) is 4.79 Å². The van der Waals surface area contributed by atoms with E-state index in [0.29, 0.717) is 47.7 Å². The monoisotopic (exact) mass is 417 g/mol. The van der Waals surface area contributed by atoms with Gasteiger partial charge in [-0.15, -0.1) is 10.2 Å². The van der Waals surface area contributed by atoms with E-state index in [1.165, 1.54) is 0 Å². The van der Waals surface area contributed by atoms with Crippen LogP contribution in [-0.2, 0) is 0 Å². The Kier molecular flexibility index (Phi) is 4.15. The van der Waals surface area contributed by atoms with Gasteiger partial charge in [0.05, 0.1) is 5.92 Å². The smallest absolute Gasteiger partial charge is 0.289 e. The molecule has 8 heteroatoms. The molecule has 2 aromatic carbocycles. The Morgan fingerprint density at radius 1 is 1.00 bits per heavy atom. The van der Waals surface area contributed by atoms with E-state index in [-0.39, 0.29) is 18.6 Å². The highest BCUT2D eigenvalue weighted by molar-refractivity contribution is 5.96. The summed E-state index contributed by atoms with van der Waals surface area (Å²) in [5, 5.41) is 9.39. The zero-order chi connectivity index (χ0) is 20.8. The van der Waals surface area contributed by atoms with Gasteiger partial charge in [-0.1, -0.05) is 18.2 Å². The molecule has 4 aromatic rings. The predicted molar refractivity (Wildman–Crippen MR) is 110 cm³/mol. The Morgan fingerprint density at radius 3 is 2.84 bits per heavy atom. The molecule has 156 valence electrons. The largest absolute Gasteiger partial charge is 0.454 e. The molecule has 0 N–H and O–H groups in total. The third-order valence-corrected chi connectivity index (χ3v) is 5.75. The van der Waals surface area contributed by atoms with Gasteiger partial charge < -0.3 is 23.2 Å². The molecular formula is C23H19N3O5. The molecule has 1 fully saturated rings. The third kappa shape index (κ3) is 3.20. The summed E-state index contributed by atoms with van der Waals surface area (Å²) in [5.41, 5.74) is 1.48. The molecule has 6 rings (SSSR count). The minimum absolute atomic E-state index is 0.0164. The van der Waals surface area contributed by atoms with Gasteiger partial charge in [-0.05, 0) is 43.2 Å². The fourth-order valence-electron chi connectivity index (χ4n) is 4.15. The Bertz CT molecular complexity index is 1240. The van der Waals surface area contributed by atoms with Crippen LogP contribution in [0.1, 0.15) is 35.2 Å². The molecule has 2 aliphatic heterocycles. The molecule has 8 nitrogen and oxygen atoms in total. The summed E-state index contributed by atoms with van der Waals surface area (Å²) in [6.45, 7) is 1.40. The minimum Gasteiger partial charge on any atom is -0.454 e. The van der Waals surface area contributed by atoms with Gasteiger partial charge in [0.15, 0.2) is 17.3 Å².